The number of hydrogen-bond donors (Lipinski definition) is 0. The molecule has 3 rings (SSSR count). The number of halogens is 3. The van der Waals surface area contributed by atoms with Crippen LogP contribution in [0.1, 0.15) is 5.56 Å². The Kier molecular flexibility index (Phi) is 4.31. The fourth-order valence-corrected chi connectivity index (χ4v) is 2.41. The number of carbonyl (C=O) groups is 1. The van der Waals surface area contributed by atoms with Crippen LogP contribution in [-0.2, 0) is 17.5 Å². The Hall–Kier alpha value is -3.09. The molecule has 1 heterocycles. The van der Waals surface area contributed by atoms with Crippen LogP contribution in [0.15, 0.2) is 65.6 Å². The molecule has 0 spiro atoms. The van der Waals surface area contributed by atoms with E-state index in [2.05, 4.69) is 0 Å². The molecule has 1 aromatic heterocycles. The minimum atomic E-state index is -4.78. The molecule has 0 unspecified atom stereocenters. The fraction of sp³-hybridized carbons (Fsp3) is 0.111. The molecule has 0 saturated heterocycles. The molecule has 0 radical (unpaired) electrons. The average molecular weight is 347 g/mol. The Morgan fingerprint density at radius 2 is 1.72 bits per heavy atom. The average Bonchev–Trinajstić information content (AvgIpc) is 2.55. The molecule has 0 saturated carbocycles. The van der Waals surface area contributed by atoms with Gasteiger partial charge in [0.1, 0.15) is 17.9 Å². The van der Waals surface area contributed by atoms with Crippen LogP contribution in [0.25, 0.3) is 10.8 Å². The number of aromatic nitrogens is 1. The molecule has 25 heavy (non-hydrogen) atoms. The number of nitrogens with zero attached hydrogens (tertiary/aromatic N) is 1. The van der Waals surface area contributed by atoms with Crippen LogP contribution in [-0.4, -0.2) is 10.5 Å². The minimum Gasteiger partial charge on any atom is -0.425 e. The summed E-state index contributed by atoms with van der Waals surface area (Å²) in [4.78, 5) is 23.8. The Morgan fingerprint density at radius 1 is 1.00 bits per heavy atom. The second-order valence-electron chi connectivity index (χ2n) is 5.34. The lowest BCUT2D eigenvalue weighted by molar-refractivity contribution is -0.140. The number of pyridine rings is 1. The van der Waals surface area contributed by atoms with Crippen LogP contribution in [0.4, 0.5) is 13.2 Å². The molecule has 3 aromatic rings. The van der Waals surface area contributed by atoms with Gasteiger partial charge in [0.05, 0.1) is 0 Å². The van der Waals surface area contributed by atoms with Crippen molar-refractivity contribution >= 4 is 16.7 Å². The SMILES string of the molecule is O=C(Cn1cccc(C(F)(F)F)c1=O)Oc1ccc2ccccc2c1. The highest BCUT2D eigenvalue weighted by Crippen LogP contribution is 2.26. The quantitative estimate of drug-likeness (QED) is 0.537. The maximum atomic E-state index is 12.7. The van der Waals surface area contributed by atoms with E-state index >= 15 is 0 Å². The number of esters is 1. The van der Waals surface area contributed by atoms with Crippen molar-refractivity contribution in [1.82, 2.24) is 4.57 Å². The molecule has 0 N–H and O–H groups in total. The summed E-state index contributed by atoms with van der Waals surface area (Å²) in [5.41, 5.74) is -2.61. The molecule has 0 bridgehead atoms. The van der Waals surface area contributed by atoms with Crippen molar-refractivity contribution in [3.63, 3.8) is 0 Å². The zero-order chi connectivity index (χ0) is 18.0. The first-order valence-electron chi connectivity index (χ1n) is 7.31. The lowest BCUT2D eigenvalue weighted by atomic mass is 10.1. The number of hydrogen-bond acceptors (Lipinski definition) is 3. The minimum absolute atomic E-state index is 0.253. The molecule has 0 atom stereocenters. The molecule has 0 aliphatic rings. The van der Waals surface area contributed by atoms with Gasteiger partial charge >= 0.3 is 12.1 Å². The van der Waals surface area contributed by atoms with Crippen LogP contribution in [0.5, 0.6) is 5.75 Å². The van der Waals surface area contributed by atoms with E-state index in [4.69, 9.17) is 4.74 Å². The smallest absolute Gasteiger partial charge is 0.421 e. The molecule has 0 aliphatic carbocycles. The molecule has 0 aliphatic heterocycles. The maximum Gasteiger partial charge on any atom is 0.421 e. The van der Waals surface area contributed by atoms with Gasteiger partial charge in [0, 0.05) is 6.20 Å². The number of ether oxygens (including phenoxy) is 1. The Balaban J connectivity index is 1.79. The van der Waals surface area contributed by atoms with Gasteiger partial charge in [-0.3, -0.25) is 4.79 Å². The number of fused-ring (bicyclic) bond motifs is 1. The van der Waals surface area contributed by atoms with Gasteiger partial charge in [0.25, 0.3) is 5.56 Å². The van der Waals surface area contributed by atoms with Crippen molar-refractivity contribution < 1.29 is 22.7 Å². The largest absolute Gasteiger partial charge is 0.425 e. The zero-order valence-corrected chi connectivity index (χ0v) is 12.8. The summed E-state index contributed by atoms with van der Waals surface area (Å²) >= 11 is 0. The van der Waals surface area contributed by atoms with Gasteiger partial charge < -0.3 is 9.30 Å². The number of carbonyl (C=O) groups excluding carboxylic acids is 1. The summed E-state index contributed by atoms with van der Waals surface area (Å²) in [6.07, 6.45) is -3.67. The molecule has 2 aromatic carbocycles. The number of alkyl halides is 3. The topological polar surface area (TPSA) is 48.3 Å². The van der Waals surface area contributed by atoms with E-state index < -0.39 is 29.8 Å². The summed E-state index contributed by atoms with van der Waals surface area (Å²) in [5, 5.41) is 1.81. The van der Waals surface area contributed by atoms with E-state index in [0.717, 1.165) is 23.0 Å². The zero-order valence-electron chi connectivity index (χ0n) is 12.8. The highest BCUT2D eigenvalue weighted by Gasteiger charge is 2.34. The van der Waals surface area contributed by atoms with E-state index in [1.54, 1.807) is 18.2 Å². The summed E-state index contributed by atoms with van der Waals surface area (Å²) in [7, 11) is 0. The van der Waals surface area contributed by atoms with E-state index in [0.29, 0.717) is 10.6 Å². The van der Waals surface area contributed by atoms with Crippen molar-refractivity contribution in [2.24, 2.45) is 0 Å². The highest BCUT2D eigenvalue weighted by molar-refractivity contribution is 5.84. The third-order valence-electron chi connectivity index (χ3n) is 3.58. The second kappa shape index (κ2) is 6.43. The number of benzene rings is 2. The van der Waals surface area contributed by atoms with E-state index in [1.165, 1.54) is 0 Å². The van der Waals surface area contributed by atoms with Crippen LogP contribution in [0.2, 0.25) is 0 Å². The molecule has 0 fully saturated rings. The van der Waals surface area contributed by atoms with Gasteiger partial charge in [-0.05, 0) is 35.0 Å². The molecule has 7 heteroatoms. The van der Waals surface area contributed by atoms with Crippen molar-refractivity contribution in [2.75, 3.05) is 0 Å². The molecular formula is C18H12F3NO3. The Morgan fingerprint density at radius 3 is 2.44 bits per heavy atom. The van der Waals surface area contributed by atoms with Crippen LogP contribution >= 0.6 is 0 Å². The second-order valence-corrected chi connectivity index (χ2v) is 5.34. The van der Waals surface area contributed by atoms with Crippen LogP contribution < -0.4 is 10.3 Å². The molecule has 0 amide bonds. The normalized spacial score (nSPS) is 11.5. The van der Waals surface area contributed by atoms with Gasteiger partial charge in [-0.2, -0.15) is 13.2 Å². The first-order chi connectivity index (χ1) is 11.8. The molecule has 128 valence electrons. The lowest BCUT2D eigenvalue weighted by Gasteiger charge is -2.10. The predicted molar refractivity (Wildman–Crippen MR) is 85.3 cm³/mol. The van der Waals surface area contributed by atoms with Gasteiger partial charge in [0.2, 0.25) is 0 Å². The highest BCUT2D eigenvalue weighted by atomic mass is 19.4. The van der Waals surface area contributed by atoms with Crippen molar-refractivity contribution in [1.29, 1.82) is 0 Å². The van der Waals surface area contributed by atoms with Gasteiger partial charge in [-0.1, -0.05) is 30.3 Å². The molecule has 4 nitrogen and oxygen atoms in total. The van der Waals surface area contributed by atoms with Crippen LogP contribution in [0, 0.1) is 0 Å². The number of rotatable bonds is 3. The maximum absolute atomic E-state index is 12.7. The standard InChI is InChI=1S/C18H12F3NO3/c19-18(20,21)15-6-3-9-22(17(15)24)11-16(23)25-14-8-7-12-4-1-2-5-13(12)10-14/h1-10H,11H2. The monoisotopic (exact) mass is 347 g/mol. The Bertz CT molecular complexity index is 993. The summed E-state index contributed by atoms with van der Waals surface area (Å²) < 4.78 is 44.0. The summed E-state index contributed by atoms with van der Waals surface area (Å²) in [6, 6.07) is 14.1. The van der Waals surface area contributed by atoms with E-state index in [1.807, 2.05) is 24.3 Å². The van der Waals surface area contributed by atoms with E-state index in [9.17, 15) is 22.8 Å². The van der Waals surface area contributed by atoms with E-state index in [-0.39, 0.29) is 5.75 Å². The third kappa shape index (κ3) is 3.71. The fourth-order valence-electron chi connectivity index (χ4n) is 2.41. The first kappa shape index (κ1) is 16.8. The van der Waals surface area contributed by atoms with Crippen molar-refractivity contribution in [3.05, 3.63) is 76.7 Å². The molecular weight excluding hydrogens is 335 g/mol. The van der Waals surface area contributed by atoms with Crippen molar-refractivity contribution in [3.8, 4) is 5.75 Å². The van der Waals surface area contributed by atoms with Gasteiger partial charge in [-0.15, -0.1) is 0 Å². The lowest BCUT2D eigenvalue weighted by Crippen LogP contribution is -2.31. The van der Waals surface area contributed by atoms with Crippen molar-refractivity contribution in [2.45, 2.75) is 12.7 Å². The first-order valence-corrected chi connectivity index (χ1v) is 7.31. The van der Waals surface area contributed by atoms with Crippen LogP contribution in [0.3, 0.4) is 0 Å². The summed E-state index contributed by atoms with van der Waals surface area (Å²) in [5.74, 6) is -0.583. The summed E-state index contributed by atoms with van der Waals surface area (Å²) in [6.45, 7) is -0.615. The Labute approximate surface area is 140 Å². The van der Waals surface area contributed by atoms with Gasteiger partial charge in [0.15, 0.2) is 0 Å². The third-order valence-corrected chi connectivity index (χ3v) is 3.58. The predicted octanol–water partition coefficient (Wildman–Crippen LogP) is 3.63. The van der Waals surface area contributed by atoms with Gasteiger partial charge in [-0.25, -0.2) is 4.79 Å².